The molecule has 10 heavy (non-hydrogen) atoms. The molecule has 0 fully saturated rings. The quantitative estimate of drug-likeness (QED) is 0.375. The third kappa shape index (κ3) is 7.22. The Morgan fingerprint density at radius 2 is 1.80 bits per heavy atom. The standard InChI is InChI=1S/C6H14O2S.Na/c1-3-6(4-2)5-9(7)8;/h6H,3-5H2,1-2H3,(H,7,8);/q;+1/p-1. The van der Waals surface area contributed by atoms with E-state index in [1.807, 2.05) is 13.8 Å². The summed E-state index contributed by atoms with van der Waals surface area (Å²) < 4.78 is 20.3. The van der Waals surface area contributed by atoms with E-state index < -0.39 is 11.1 Å². The molecule has 0 amide bonds. The van der Waals surface area contributed by atoms with Gasteiger partial charge in [0, 0.05) is 5.75 Å². The zero-order valence-electron chi connectivity index (χ0n) is 6.92. The number of rotatable bonds is 4. The Balaban J connectivity index is 0. The Hall–Kier alpha value is 1.11. The summed E-state index contributed by atoms with van der Waals surface area (Å²) in [7, 11) is 0. The molecular formula is C6H13NaO2S. The predicted molar refractivity (Wildman–Crippen MR) is 37.9 cm³/mol. The minimum Gasteiger partial charge on any atom is -0.772 e. The molecule has 0 N–H and O–H groups in total. The van der Waals surface area contributed by atoms with Gasteiger partial charge in [0.15, 0.2) is 0 Å². The molecule has 0 saturated carbocycles. The van der Waals surface area contributed by atoms with Gasteiger partial charge in [-0.2, -0.15) is 0 Å². The molecule has 0 heterocycles. The molecule has 2 nitrogen and oxygen atoms in total. The van der Waals surface area contributed by atoms with Gasteiger partial charge in [0.05, 0.1) is 0 Å². The molecule has 0 saturated heterocycles. The van der Waals surface area contributed by atoms with Gasteiger partial charge in [-0.05, 0) is 5.92 Å². The van der Waals surface area contributed by atoms with Crippen molar-refractivity contribution in [2.24, 2.45) is 5.92 Å². The van der Waals surface area contributed by atoms with Gasteiger partial charge in [-0.25, -0.2) is 0 Å². The van der Waals surface area contributed by atoms with Crippen molar-refractivity contribution in [2.45, 2.75) is 26.7 Å². The van der Waals surface area contributed by atoms with E-state index in [1.54, 1.807) is 0 Å². The van der Waals surface area contributed by atoms with Crippen LogP contribution in [0.3, 0.4) is 0 Å². The van der Waals surface area contributed by atoms with Crippen molar-refractivity contribution >= 4 is 11.1 Å². The van der Waals surface area contributed by atoms with Crippen LogP contribution in [-0.2, 0) is 11.1 Å². The smallest absolute Gasteiger partial charge is 0.772 e. The molecule has 1 atom stereocenters. The molecule has 0 aromatic heterocycles. The molecule has 0 spiro atoms. The Bertz CT molecular complexity index is 93.7. The predicted octanol–water partition coefficient (Wildman–Crippen LogP) is -1.69. The average Bonchev–Trinajstić information content (AvgIpc) is 1.82. The van der Waals surface area contributed by atoms with Crippen LogP contribution in [0.2, 0.25) is 0 Å². The second kappa shape index (κ2) is 8.21. The van der Waals surface area contributed by atoms with Crippen LogP contribution in [0.15, 0.2) is 0 Å². The number of hydrogen-bond donors (Lipinski definition) is 0. The van der Waals surface area contributed by atoms with Gasteiger partial charge in [-0.15, -0.1) is 0 Å². The summed E-state index contributed by atoms with van der Waals surface area (Å²) in [5.74, 6) is 0.691. The van der Waals surface area contributed by atoms with Crippen LogP contribution < -0.4 is 29.6 Å². The first kappa shape index (κ1) is 13.7. The summed E-state index contributed by atoms with van der Waals surface area (Å²) in [5, 5.41) is 0. The van der Waals surface area contributed by atoms with E-state index in [0.29, 0.717) is 11.7 Å². The second-order valence-corrected chi connectivity index (χ2v) is 3.09. The van der Waals surface area contributed by atoms with Crippen LogP contribution in [0.5, 0.6) is 0 Å². The first-order chi connectivity index (χ1) is 4.20. The Morgan fingerprint density at radius 1 is 1.40 bits per heavy atom. The van der Waals surface area contributed by atoms with Crippen LogP contribution in [-0.4, -0.2) is 14.5 Å². The van der Waals surface area contributed by atoms with Crippen LogP contribution in [0.25, 0.3) is 0 Å². The maximum atomic E-state index is 10.1. The number of hydrogen-bond acceptors (Lipinski definition) is 2. The fourth-order valence-electron chi connectivity index (χ4n) is 0.717. The average molecular weight is 172 g/mol. The van der Waals surface area contributed by atoms with Crippen molar-refractivity contribution in [3.8, 4) is 0 Å². The van der Waals surface area contributed by atoms with Crippen molar-refractivity contribution < 1.29 is 38.3 Å². The van der Waals surface area contributed by atoms with Gasteiger partial charge in [-0.3, -0.25) is 4.21 Å². The molecule has 0 aliphatic heterocycles. The van der Waals surface area contributed by atoms with Crippen LogP contribution in [0.1, 0.15) is 26.7 Å². The van der Waals surface area contributed by atoms with E-state index in [2.05, 4.69) is 0 Å². The topological polar surface area (TPSA) is 40.1 Å². The van der Waals surface area contributed by atoms with E-state index in [0.717, 1.165) is 12.8 Å². The SMILES string of the molecule is CCC(CC)CS(=O)[O-].[Na+]. The summed E-state index contributed by atoms with van der Waals surface area (Å²) >= 11 is -1.85. The normalized spacial score (nSPS) is 12.8. The summed E-state index contributed by atoms with van der Waals surface area (Å²) in [6.45, 7) is 4.03. The summed E-state index contributed by atoms with van der Waals surface area (Å²) in [5.41, 5.74) is 0. The Kier molecular flexibility index (Phi) is 11.2. The Morgan fingerprint density at radius 3 is 1.90 bits per heavy atom. The first-order valence-electron chi connectivity index (χ1n) is 3.26. The van der Waals surface area contributed by atoms with Crippen molar-refractivity contribution in [1.29, 1.82) is 0 Å². The third-order valence-electron chi connectivity index (χ3n) is 1.53. The van der Waals surface area contributed by atoms with E-state index >= 15 is 0 Å². The van der Waals surface area contributed by atoms with Gasteiger partial charge in [0.25, 0.3) is 0 Å². The molecule has 0 bridgehead atoms. The zero-order valence-corrected chi connectivity index (χ0v) is 9.74. The van der Waals surface area contributed by atoms with Crippen molar-refractivity contribution in [1.82, 2.24) is 0 Å². The minimum absolute atomic E-state index is 0. The summed E-state index contributed by atoms with van der Waals surface area (Å²) in [6, 6.07) is 0. The molecule has 0 aliphatic rings. The maximum absolute atomic E-state index is 10.1. The molecule has 0 rings (SSSR count). The van der Waals surface area contributed by atoms with E-state index in [4.69, 9.17) is 0 Å². The first-order valence-corrected chi connectivity index (χ1v) is 4.50. The monoisotopic (exact) mass is 172 g/mol. The van der Waals surface area contributed by atoms with Gasteiger partial charge in [0.1, 0.15) is 0 Å². The van der Waals surface area contributed by atoms with Gasteiger partial charge >= 0.3 is 29.6 Å². The van der Waals surface area contributed by atoms with Crippen LogP contribution in [0.4, 0.5) is 0 Å². The minimum atomic E-state index is -1.85. The molecule has 0 aromatic carbocycles. The summed E-state index contributed by atoms with van der Waals surface area (Å²) in [4.78, 5) is 0. The van der Waals surface area contributed by atoms with Crippen molar-refractivity contribution in [3.05, 3.63) is 0 Å². The molecule has 1 unspecified atom stereocenters. The van der Waals surface area contributed by atoms with Crippen LogP contribution >= 0.6 is 0 Å². The maximum Gasteiger partial charge on any atom is 1.00 e. The molecule has 0 radical (unpaired) electrons. The van der Waals surface area contributed by atoms with Crippen molar-refractivity contribution in [3.63, 3.8) is 0 Å². The summed E-state index contributed by atoms with van der Waals surface area (Å²) in [6.07, 6.45) is 1.93. The molecule has 0 aliphatic carbocycles. The van der Waals surface area contributed by atoms with Crippen molar-refractivity contribution in [2.75, 3.05) is 5.75 Å². The van der Waals surface area contributed by atoms with E-state index in [1.165, 1.54) is 0 Å². The fourth-order valence-corrected chi connectivity index (χ4v) is 1.57. The molecule has 56 valence electrons. The largest absolute Gasteiger partial charge is 1.00 e. The zero-order chi connectivity index (χ0) is 7.28. The third-order valence-corrected chi connectivity index (χ3v) is 2.27. The molecule has 4 heteroatoms. The van der Waals surface area contributed by atoms with E-state index in [9.17, 15) is 8.76 Å². The fraction of sp³-hybridized carbons (Fsp3) is 1.00. The van der Waals surface area contributed by atoms with Gasteiger partial charge in [0.2, 0.25) is 0 Å². The second-order valence-electron chi connectivity index (χ2n) is 2.15. The molecular weight excluding hydrogens is 159 g/mol. The molecule has 0 aromatic rings. The van der Waals surface area contributed by atoms with E-state index in [-0.39, 0.29) is 29.6 Å². The Labute approximate surface area is 87.4 Å². The van der Waals surface area contributed by atoms with Gasteiger partial charge in [-0.1, -0.05) is 37.8 Å². The van der Waals surface area contributed by atoms with Gasteiger partial charge < -0.3 is 4.55 Å². The van der Waals surface area contributed by atoms with Crippen LogP contribution in [0, 0.1) is 5.92 Å².